The van der Waals surface area contributed by atoms with Gasteiger partial charge >= 0.3 is 0 Å². The lowest BCUT2D eigenvalue weighted by Gasteiger charge is -2.35. The van der Waals surface area contributed by atoms with Gasteiger partial charge in [-0.05, 0) is 18.3 Å². The Balaban J connectivity index is 2.66. The van der Waals surface area contributed by atoms with Crippen LogP contribution in [0.15, 0.2) is 0 Å². The maximum atomic E-state index is 12.3. The Morgan fingerprint density at radius 3 is 2.39 bits per heavy atom. The monoisotopic (exact) mass is 254 g/mol. The number of hydrogen-bond acceptors (Lipinski definition) is 2. The van der Waals surface area contributed by atoms with E-state index in [1.165, 1.54) is 0 Å². The second kappa shape index (κ2) is 6.76. The summed E-state index contributed by atoms with van der Waals surface area (Å²) in [5.74, 6) is 0.980. The van der Waals surface area contributed by atoms with E-state index in [9.17, 15) is 9.59 Å². The molecule has 1 N–H and O–H groups in total. The molecular formula is C14H26N2O2. The van der Waals surface area contributed by atoms with E-state index in [1.54, 1.807) is 4.90 Å². The summed E-state index contributed by atoms with van der Waals surface area (Å²) >= 11 is 0. The fraction of sp³-hybridized carbons (Fsp3) is 0.857. The minimum Gasteiger partial charge on any atom is -0.343 e. The molecule has 1 unspecified atom stereocenters. The van der Waals surface area contributed by atoms with Gasteiger partial charge in [-0.25, -0.2) is 0 Å². The molecule has 1 fully saturated rings. The molecule has 1 rings (SSSR count). The van der Waals surface area contributed by atoms with Crippen LogP contribution in [0.4, 0.5) is 0 Å². The maximum Gasteiger partial charge on any atom is 0.245 e. The van der Waals surface area contributed by atoms with Crippen molar-refractivity contribution in [3.63, 3.8) is 0 Å². The SMILES string of the molecule is CCC(CC)CN1CC(=O)NC(CC(C)C)C1=O. The van der Waals surface area contributed by atoms with Crippen molar-refractivity contribution in [3.05, 3.63) is 0 Å². The van der Waals surface area contributed by atoms with Crippen LogP contribution in [0.5, 0.6) is 0 Å². The number of amides is 2. The number of nitrogens with one attached hydrogen (secondary N) is 1. The van der Waals surface area contributed by atoms with Gasteiger partial charge in [0.2, 0.25) is 11.8 Å². The predicted molar refractivity (Wildman–Crippen MR) is 72.0 cm³/mol. The quantitative estimate of drug-likeness (QED) is 0.785. The third kappa shape index (κ3) is 4.00. The highest BCUT2D eigenvalue weighted by Crippen LogP contribution is 2.15. The number of hydrogen-bond donors (Lipinski definition) is 1. The van der Waals surface area contributed by atoms with Crippen LogP contribution in [-0.4, -0.2) is 35.8 Å². The molecule has 1 saturated heterocycles. The summed E-state index contributed by atoms with van der Waals surface area (Å²) in [6.07, 6.45) is 2.83. The van der Waals surface area contributed by atoms with Crippen molar-refractivity contribution in [2.75, 3.05) is 13.1 Å². The number of piperazine rings is 1. The molecule has 1 atom stereocenters. The van der Waals surface area contributed by atoms with E-state index in [1.807, 2.05) is 0 Å². The Bertz CT molecular complexity index is 298. The summed E-state index contributed by atoms with van der Waals surface area (Å²) in [7, 11) is 0. The van der Waals surface area contributed by atoms with E-state index in [0.717, 1.165) is 19.3 Å². The first-order valence-electron chi connectivity index (χ1n) is 7.06. The second-order valence-corrected chi connectivity index (χ2v) is 5.65. The number of carbonyl (C=O) groups excluding carboxylic acids is 2. The van der Waals surface area contributed by atoms with Crippen LogP contribution >= 0.6 is 0 Å². The average Bonchev–Trinajstić information content (AvgIpc) is 2.30. The zero-order chi connectivity index (χ0) is 13.7. The molecule has 1 heterocycles. The van der Waals surface area contributed by atoms with E-state index < -0.39 is 0 Å². The van der Waals surface area contributed by atoms with Gasteiger partial charge < -0.3 is 10.2 Å². The lowest BCUT2D eigenvalue weighted by molar-refractivity contribution is -0.145. The molecule has 0 aromatic carbocycles. The van der Waals surface area contributed by atoms with Gasteiger partial charge in [-0.15, -0.1) is 0 Å². The van der Waals surface area contributed by atoms with Gasteiger partial charge in [0.15, 0.2) is 0 Å². The van der Waals surface area contributed by atoms with Gasteiger partial charge in [0.1, 0.15) is 6.04 Å². The van der Waals surface area contributed by atoms with E-state index in [2.05, 4.69) is 33.0 Å². The molecule has 104 valence electrons. The first kappa shape index (κ1) is 15.0. The van der Waals surface area contributed by atoms with Gasteiger partial charge in [0.25, 0.3) is 0 Å². The van der Waals surface area contributed by atoms with Crippen LogP contribution in [-0.2, 0) is 9.59 Å². The van der Waals surface area contributed by atoms with Gasteiger partial charge in [-0.2, -0.15) is 0 Å². The molecule has 0 spiro atoms. The molecule has 0 aromatic rings. The van der Waals surface area contributed by atoms with Crippen molar-refractivity contribution in [3.8, 4) is 0 Å². The topological polar surface area (TPSA) is 49.4 Å². The van der Waals surface area contributed by atoms with Crippen LogP contribution in [0.25, 0.3) is 0 Å². The molecule has 18 heavy (non-hydrogen) atoms. The number of carbonyl (C=O) groups is 2. The third-order valence-corrected chi connectivity index (χ3v) is 3.62. The minimum atomic E-state index is -0.319. The van der Waals surface area contributed by atoms with Gasteiger partial charge in [-0.1, -0.05) is 40.5 Å². The molecule has 1 aliphatic rings. The standard InChI is InChI=1S/C14H26N2O2/c1-5-11(6-2)8-16-9-13(17)15-12(14(16)18)7-10(3)4/h10-12H,5-9H2,1-4H3,(H,15,17). The molecule has 0 aromatic heterocycles. The molecule has 0 bridgehead atoms. The molecule has 2 amide bonds. The number of nitrogens with zero attached hydrogens (tertiary/aromatic N) is 1. The van der Waals surface area contributed by atoms with Gasteiger partial charge in [0, 0.05) is 6.54 Å². The lowest BCUT2D eigenvalue weighted by atomic mass is 9.98. The van der Waals surface area contributed by atoms with Crippen LogP contribution < -0.4 is 5.32 Å². The fourth-order valence-electron chi connectivity index (χ4n) is 2.42. The predicted octanol–water partition coefficient (Wildman–Crippen LogP) is 1.80. The van der Waals surface area contributed by atoms with Crippen molar-refractivity contribution in [2.24, 2.45) is 11.8 Å². The molecule has 4 nitrogen and oxygen atoms in total. The molecule has 4 heteroatoms. The van der Waals surface area contributed by atoms with Gasteiger partial charge in [-0.3, -0.25) is 9.59 Å². The highest BCUT2D eigenvalue weighted by Gasteiger charge is 2.33. The summed E-state index contributed by atoms with van der Waals surface area (Å²) < 4.78 is 0. The smallest absolute Gasteiger partial charge is 0.245 e. The largest absolute Gasteiger partial charge is 0.343 e. The first-order chi connectivity index (χ1) is 8.47. The van der Waals surface area contributed by atoms with Crippen LogP contribution in [0.3, 0.4) is 0 Å². The normalized spacial score (nSPS) is 20.8. The molecule has 0 saturated carbocycles. The van der Waals surface area contributed by atoms with Crippen LogP contribution in [0.2, 0.25) is 0 Å². The van der Waals surface area contributed by atoms with Gasteiger partial charge in [0.05, 0.1) is 6.54 Å². The van der Waals surface area contributed by atoms with E-state index in [-0.39, 0.29) is 24.4 Å². The number of rotatable bonds is 6. The molecule has 0 radical (unpaired) electrons. The maximum absolute atomic E-state index is 12.3. The van der Waals surface area contributed by atoms with Crippen molar-refractivity contribution in [2.45, 2.75) is 53.0 Å². The average molecular weight is 254 g/mol. The summed E-state index contributed by atoms with van der Waals surface area (Å²) in [6.45, 7) is 9.35. The summed E-state index contributed by atoms with van der Waals surface area (Å²) in [4.78, 5) is 25.7. The molecule has 1 aliphatic heterocycles. The van der Waals surface area contributed by atoms with Crippen molar-refractivity contribution >= 4 is 11.8 Å². The Morgan fingerprint density at radius 2 is 1.89 bits per heavy atom. The fourth-order valence-corrected chi connectivity index (χ4v) is 2.42. The van der Waals surface area contributed by atoms with Crippen molar-refractivity contribution in [1.82, 2.24) is 10.2 Å². The lowest BCUT2D eigenvalue weighted by Crippen LogP contribution is -2.59. The zero-order valence-electron chi connectivity index (χ0n) is 12.0. The van der Waals surface area contributed by atoms with E-state index >= 15 is 0 Å². The van der Waals surface area contributed by atoms with Crippen molar-refractivity contribution in [1.29, 1.82) is 0 Å². The zero-order valence-corrected chi connectivity index (χ0v) is 12.0. The van der Waals surface area contributed by atoms with Crippen LogP contribution in [0.1, 0.15) is 47.0 Å². The minimum absolute atomic E-state index is 0.0220. The third-order valence-electron chi connectivity index (χ3n) is 3.62. The molecule has 0 aliphatic carbocycles. The summed E-state index contributed by atoms with van der Waals surface area (Å²) in [5.41, 5.74) is 0. The van der Waals surface area contributed by atoms with Crippen molar-refractivity contribution < 1.29 is 9.59 Å². The Morgan fingerprint density at radius 1 is 1.28 bits per heavy atom. The Kier molecular flexibility index (Phi) is 5.63. The highest BCUT2D eigenvalue weighted by molar-refractivity contribution is 5.94. The first-order valence-corrected chi connectivity index (χ1v) is 7.06. The Hall–Kier alpha value is -1.06. The van der Waals surface area contributed by atoms with E-state index in [0.29, 0.717) is 18.4 Å². The van der Waals surface area contributed by atoms with Crippen LogP contribution in [0, 0.1) is 11.8 Å². The summed E-state index contributed by atoms with van der Waals surface area (Å²) in [5, 5.41) is 2.81. The highest BCUT2D eigenvalue weighted by atomic mass is 16.2. The summed E-state index contributed by atoms with van der Waals surface area (Å²) in [6, 6.07) is -0.319. The molecular weight excluding hydrogens is 228 g/mol. The Labute approximate surface area is 110 Å². The second-order valence-electron chi connectivity index (χ2n) is 5.65. The van der Waals surface area contributed by atoms with E-state index in [4.69, 9.17) is 0 Å².